The van der Waals surface area contributed by atoms with Gasteiger partial charge in [0.2, 0.25) is 0 Å². The number of para-hydroxylation sites is 1. The van der Waals surface area contributed by atoms with Crippen LogP contribution in [0.2, 0.25) is 0 Å². The summed E-state index contributed by atoms with van der Waals surface area (Å²) in [6.07, 6.45) is 0. The van der Waals surface area contributed by atoms with E-state index in [-0.39, 0.29) is 18.3 Å². The second kappa shape index (κ2) is 6.85. The molecule has 110 valence electrons. The fourth-order valence-electron chi connectivity index (χ4n) is 1.59. The zero-order chi connectivity index (χ0) is 15.2. The minimum Gasteiger partial charge on any atom is -0.481 e. The maximum atomic E-state index is 13.3. The predicted molar refractivity (Wildman–Crippen MR) is 78.2 cm³/mol. The van der Waals surface area contributed by atoms with Crippen LogP contribution in [0.1, 0.15) is 10.4 Å². The molecule has 0 aliphatic rings. The number of hydrogen-bond donors (Lipinski definition) is 2. The zero-order valence-corrected chi connectivity index (χ0v) is 12.0. The highest BCUT2D eigenvalue weighted by atomic mass is 32.1. The van der Waals surface area contributed by atoms with Gasteiger partial charge in [-0.1, -0.05) is 12.1 Å². The maximum Gasteiger partial charge on any atom is 0.262 e. The third-order valence-electron chi connectivity index (χ3n) is 2.59. The van der Waals surface area contributed by atoms with Crippen LogP contribution >= 0.6 is 11.3 Å². The molecule has 1 heterocycles. The quantitative estimate of drug-likeness (QED) is 0.890. The van der Waals surface area contributed by atoms with Crippen molar-refractivity contribution < 1.29 is 18.7 Å². The molecule has 2 N–H and O–H groups in total. The van der Waals surface area contributed by atoms with Gasteiger partial charge in [0.25, 0.3) is 11.8 Å². The molecule has 21 heavy (non-hydrogen) atoms. The molecule has 0 spiro atoms. The van der Waals surface area contributed by atoms with Crippen LogP contribution in [0.5, 0.6) is 5.75 Å². The summed E-state index contributed by atoms with van der Waals surface area (Å²) in [6.45, 7) is -0.341. The lowest BCUT2D eigenvalue weighted by atomic mass is 10.3. The normalized spacial score (nSPS) is 10.0. The van der Waals surface area contributed by atoms with Crippen LogP contribution in [-0.4, -0.2) is 25.5 Å². The Hall–Kier alpha value is -2.41. The average molecular weight is 308 g/mol. The van der Waals surface area contributed by atoms with E-state index in [0.717, 1.165) is 0 Å². The number of benzene rings is 1. The van der Waals surface area contributed by atoms with Crippen molar-refractivity contribution in [2.24, 2.45) is 0 Å². The van der Waals surface area contributed by atoms with Gasteiger partial charge in [0.1, 0.15) is 5.00 Å². The lowest BCUT2D eigenvalue weighted by Gasteiger charge is -2.08. The molecule has 0 atom stereocenters. The summed E-state index contributed by atoms with van der Waals surface area (Å²) in [5.41, 5.74) is 0.377. The molecule has 0 aliphatic heterocycles. The largest absolute Gasteiger partial charge is 0.481 e. The van der Waals surface area contributed by atoms with Crippen LogP contribution in [-0.2, 0) is 4.79 Å². The summed E-state index contributed by atoms with van der Waals surface area (Å²) in [6, 6.07) is 7.43. The molecule has 0 saturated heterocycles. The van der Waals surface area contributed by atoms with Crippen LogP contribution < -0.4 is 15.4 Å². The number of carbonyl (C=O) groups is 2. The van der Waals surface area contributed by atoms with Crippen LogP contribution in [0.4, 0.5) is 9.39 Å². The molecule has 2 rings (SSSR count). The average Bonchev–Trinajstić information content (AvgIpc) is 2.93. The van der Waals surface area contributed by atoms with Gasteiger partial charge in [-0.15, -0.1) is 11.3 Å². The molecular formula is C14H13FN2O3S. The summed E-state index contributed by atoms with van der Waals surface area (Å²) in [4.78, 5) is 23.3. The molecule has 0 saturated carbocycles. The monoisotopic (exact) mass is 308 g/mol. The van der Waals surface area contributed by atoms with E-state index in [1.165, 1.54) is 36.6 Å². The fourth-order valence-corrected chi connectivity index (χ4v) is 2.39. The van der Waals surface area contributed by atoms with Gasteiger partial charge in [0, 0.05) is 7.05 Å². The standard InChI is InChI=1S/C14H13FN2O3S/c1-16-13(19)9-6-7-21-14(9)17-12(18)8-20-11-5-3-2-4-10(11)15/h2-7H,8H2,1H3,(H,16,19)(H,17,18). The van der Waals surface area contributed by atoms with E-state index in [4.69, 9.17) is 4.74 Å². The first-order valence-corrected chi connectivity index (χ1v) is 6.96. The summed E-state index contributed by atoms with van der Waals surface area (Å²) in [7, 11) is 1.51. The molecule has 1 aromatic carbocycles. The number of anilines is 1. The number of thiophene rings is 1. The summed E-state index contributed by atoms with van der Waals surface area (Å²) in [5.74, 6) is -1.29. The topological polar surface area (TPSA) is 67.4 Å². The molecular weight excluding hydrogens is 295 g/mol. The minimum atomic E-state index is -0.535. The highest BCUT2D eigenvalue weighted by Crippen LogP contribution is 2.23. The number of carbonyl (C=O) groups excluding carboxylic acids is 2. The molecule has 0 bridgehead atoms. The van der Waals surface area contributed by atoms with Crippen LogP contribution in [0.3, 0.4) is 0 Å². The van der Waals surface area contributed by atoms with Gasteiger partial charge in [-0.3, -0.25) is 9.59 Å². The van der Waals surface area contributed by atoms with Crippen molar-refractivity contribution in [3.8, 4) is 5.75 Å². The lowest BCUT2D eigenvalue weighted by molar-refractivity contribution is -0.118. The third kappa shape index (κ3) is 3.79. The van der Waals surface area contributed by atoms with Gasteiger partial charge in [0.05, 0.1) is 5.56 Å². The SMILES string of the molecule is CNC(=O)c1ccsc1NC(=O)COc1ccccc1F. The van der Waals surface area contributed by atoms with Gasteiger partial charge in [-0.25, -0.2) is 4.39 Å². The Balaban J connectivity index is 1.95. The first-order chi connectivity index (χ1) is 10.1. The molecule has 5 nitrogen and oxygen atoms in total. The maximum absolute atomic E-state index is 13.3. The Morgan fingerprint density at radius 3 is 2.76 bits per heavy atom. The number of rotatable bonds is 5. The van der Waals surface area contributed by atoms with Crippen LogP contribution in [0, 0.1) is 5.82 Å². The number of amides is 2. The van der Waals surface area contributed by atoms with Crippen molar-refractivity contribution in [2.45, 2.75) is 0 Å². The van der Waals surface area contributed by atoms with E-state index in [1.807, 2.05) is 0 Å². The van der Waals surface area contributed by atoms with E-state index in [0.29, 0.717) is 10.6 Å². The van der Waals surface area contributed by atoms with Gasteiger partial charge in [0.15, 0.2) is 18.2 Å². The Kier molecular flexibility index (Phi) is 4.89. The Morgan fingerprint density at radius 1 is 1.29 bits per heavy atom. The van der Waals surface area contributed by atoms with E-state index in [2.05, 4.69) is 10.6 Å². The van der Waals surface area contributed by atoms with Gasteiger partial charge < -0.3 is 15.4 Å². The van der Waals surface area contributed by atoms with Crippen molar-refractivity contribution >= 4 is 28.2 Å². The molecule has 0 aliphatic carbocycles. The molecule has 1 aromatic heterocycles. The van der Waals surface area contributed by atoms with Crippen molar-refractivity contribution in [3.05, 3.63) is 47.1 Å². The summed E-state index contributed by atoms with van der Waals surface area (Å²) >= 11 is 1.22. The van der Waals surface area contributed by atoms with Gasteiger partial charge in [-0.05, 0) is 23.6 Å². The third-order valence-corrected chi connectivity index (χ3v) is 3.42. The van der Waals surface area contributed by atoms with Gasteiger partial charge >= 0.3 is 0 Å². The predicted octanol–water partition coefficient (Wildman–Crippen LogP) is 2.26. The van der Waals surface area contributed by atoms with E-state index < -0.39 is 11.7 Å². The van der Waals surface area contributed by atoms with Crippen LogP contribution in [0.25, 0.3) is 0 Å². The molecule has 7 heteroatoms. The second-order valence-electron chi connectivity index (χ2n) is 4.01. The van der Waals surface area contributed by atoms with Crippen LogP contribution in [0.15, 0.2) is 35.7 Å². The lowest BCUT2D eigenvalue weighted by Crippen LogP contribution is -2.23. The zero-order valence-electron chi connectivity index (χ0n) is 11.2. The molecule has 2 amide bonds. The Labute approximate surface area is 124 Å². The van der Waals surface area contributed by atoms with E-state index in [9.17, 15) is 14.0 Å². The molecule has 2 aromatic rings. The van der Waals surface area contributed by atoms with Crippen molar-refractivity contribution in [3.63, 3.8) is 0 Å². The smallest absolute Gasteiger partial charge is 0.262 e. The number of halogens is 1. The number of ether oxygens (including phenoxy) is 1. The van der Waals surface area contributed by atoms with Crippen molar-refractivity contribution in [2.75, 3.05) is 19.0 Å². The molecule has 0 fully saturated rings. The first-order valence-electron chi connectivity index (χ1n) is 6.08. The minimum absolute atomic E-state index is 0.00496. The van der Waals surface area contributed by atoms with Crippen molar-refractivity contribution in [1.29, 1.82) is 0 Å². The second-order valence-corrected chi connectivity index (χ2v) is 4.93. The Bertz CT molecular complexity index is 657. The van der Waals surface area contributed by atoms with E-state index >= 15 is 0 Å². The van der Waals surface area contributed by atoms with Gasteiger partial charge in [-0.2, -0.15) is 0 Å². The van der Waals surface area contributed by atoms with Crippen molar-refractivity contribution in [1.82, 2.24) is 5.32 Å². The summed E-state index contributed by atoms with van der Waals surface area (Å²) in [5, 5.41) is 7.17. The molecule has 0 unspecified atom stereocenters. The van der Waals surface area contributed by atoms with E-state index in [1.54, 1.807) is 17.5 Å². The number of nitrogens with one attached hydrogen (secondary N) is 2. The highest BCUT2D eigenvalue weighted by Gasteiger charge is 2.14. The first kappa shape index (κ1) is 15.0. The number of hydrogen-bond acceptors (Lipinski definition) is 4. The Morgan fingerprint density at radius 2 is 2.05 bits per heavy atom. The fraction of sp³-hybridized carbons (Fsp3) is 0.143. The molecule has 0 radical (unpaired) electrons. The summed E-state index contributed by atoms with van der Waals surface area (Å²) < 4.78 is 18.4. The highest BCUT2D eigenvalue weighted by molar-refractivity contribution is 7.14.